The van der Waals surface area contributed by atoms with Crippen molar-refractivity contribution in [2.45, 2.75) is 19.4 Å². The van der Waals surface area contributed by atoms with Gasteiger partial charge in [0.05, 0.1) is 25.1 Å². The third kappa shape index (κ3) is 4.89. The Bertz CT molecular complexity index is 746. The van der Waals surface area contributed by atoms with Crippen LogP contribution in [0.2, 0.25) is 0 Å². The minimum Gasteiger partial charge on any atom is -0.495 e. The van der Waals surface area contributed by atoms with Gasteiger partial charge >= 0.3 is 0 Å². The van der Waals surface area contributed by atoms with Gasteiger partial charge in [0, 0.05) is 5.69 Å². The van der Waals surface area contributed by atoms with E-state index in [2.05, 4.69) is 29.1 Å². The van der Waals surface area contributed by atoms with E-state index in [0.717, 1.165) is 18.4 Å². The van der Waals surface area contributed by atoms with Crippen molar-refractivity contribution < 1.29 is 13.2 Å². The topological polar surface area (TPSA) is 67.4 Å². The Kier molecular flexibility index (Phi) is 5.50. The highest BCUT2D eigenvalue weighted by Gasteiger charge is 2.12. The predicted molar refractivity (Wildman–Crippen MR) is 94.6 cm³/mol. The van der Waals surface area contributed by atoms with Gasteiger partial charge in [-0.2, -0.15) is 0 Å². The van der Waals surface area contributed by atoms with Crippen LogP contribution in [0, 0.1) is 0 Å². The number of rotatable bonds is 7. The van der Waals surface area contributed by atoms with Crippen LogP contribution in [0.5, 0.6) is 5.75 Å². The molecule has 0 heterocycles. The van der Waals surface area contributed by atoms with E-state index >= 15 is 0 Å². The number of hydrogen-bond donors (Lipinski definition) is 2. The highest BCUT2D eigenvalue weighted by Crippen LogP contribution is 2.31. The molecule has 0 amide bonds. The summed E-state index contributed by atoms with van der Waals surface area (Å²) >= 11 is 0. The first kappa shape index (κ1) is 17.1. The lowest BCUT2D eigenvalue weighted by atomic mass is 10.0. The zero-order valence-electron chi connectivity index (χ0n) is 13.5. The Morgan fingerprint density at radius 2 is 1.83 bits per heavy atom. The predicted octanol–water partition coefficient (Wildman–Crippen LogP) is 3.63. The fourth-order valence-corrected chi connectivity index (χ4v) is 2.94. The van der Waals surface area contributed by atoms with Gasteiger partial charge in [-0.05, 0) is 30.2 Å². The number of hydrogen-bond acceptors (Lipinski definition) is 4. The Balaban J connectivity index is 2.27. The van der Waals surface area contributed by atoms with E-state index < -0.39 is 10.0 Å². The molecule has 0 unspecified atom stereocenters. The Labute approximate surface area is 137 Å². The van der Waals surface area contributed by atoms with Crippen LogP contribution in [0.25, 0.3) is 0 Å². The first-order valence-corrected chi connectivity index (χ1v) is 9.29. The van der Waals surface area contributed by atoms with Crippen molar-refractivity contribution in [2.24, 2.45) is 0 Å². The van der Waals surface area contributed by atoms with Gasteiger partial charge < -0.3 is 10.1 Å². The molecule has 6 heteroatoms. The summed E-state index contributed by atoms with van der Waals surface area (Å²) in [6, 6.07) is 15.6. The van der Waals surface area contributed by atoms with Crippen LogP contribution in [0.1, 0.15) is 24.9 Å². The summed E-state index contributed by atoms with van der Waals surface area (Å²) in [5, 5.41) is 3.43. The summed E-state index contributed by atoms with van der Waals surface area (Å²) in [4.78, 5) is 0. The third-order valence-corrected chi connectivity index (χ3v) is 4.04. The van der Waals surface area contributed by atoms with Crippen LogP contribution in [-0.4, -0.2) is 21.8 Å². The zero-order valence-corrected chi connectivity index (χ0v) is 14.4. The molecule has 0 radical (unpaired) electrons. The number of methoxy groups -OCH3 is 1. The quantitative estimate of drug-likeness (QED) is 0.811. The minimum absolute atomic E-state index is 0.149. The fraction of sp³-hybridized carbons (Fsp3) is 0.294. The Morgan fingerprint density at radius 1 is 1.13 bits per heavy atom. The van der Waals surface area contributed by atoms with Gasteiger partial charge in [-0.1, -0.05) is 37.3 Å². The average molecular weight is 334 g/mol. The van der Waals surface area contributed by atoms with Gasteiger partial charge in [-0.25, -0.2) is 8.42 Å². The largest absolute Gasteiger partial charge is 0.495 e. The van der Waals surface area contributed by atoms with Crippen LogP contribution in [-0.2, 0) is 10.0 Å². The highest BCUT2D eigenvalue weighted by atomic mass is 32.2. The van der Waals surface area contributed by atoms with Crippen LogP contribution in [0.4, 0.5) is 11.4 Å². The van der Waals surface area contributed by atoms with Crippen LogP contribution in [0.3, 0.4) is 0 Å². The SMILES string of the molecule is CC[C@H](Nc1ccc(OC)c(NS(C)(=O)=O)c1)c1ccccc1. The van der Waals surface area contributed by atoms with Crippen molar-refractivity contribution in [2.75, 3.05) is 23.4 Å². The third-order valence-electron chi connectivity index (χ3n) is 3.45. The summed E-state index contributed by atoms with van der Waals surface area (Å²) in [6.45, 7) is 2.10. The molecule has 0 saturated carbocycles. The summed E-state index contributed by atoms with van der Waals surface area (Å²) < 4.78 is 30.7. The van der Waals surface area contributed by atoms with E-state index in [1.807, 2.05) is 24.3 Å². The van der Waals surface area contributed by atoms with Crippen molar-refractivity contribution in [3.05, 3.63) is 54.1 Å². The average Bonchev–Trinajstić information content (AvgIpc) is 2.52. The Hall–Kier alpha value is -2.21. The summed E-state index contributed by atoms with van der Waals surface area (Å²) in [5.41, 5.74) is 2.43. The second kappa shape index (κ2) is 7.37. The highest BCUT2D eigenvalue weighted by molar-refractivity contribution is 7.92. The molecule has 1 atom stereocenters. The van der Waals surface area contributed by atoms with E-state index in [0.29, 0.717) is 11.4 Å². The maximum absolute atomic E-state index is 11.5. The van der Waals surface area contributed by atoms with E-state index in [9.17, 15) is 8.42 Å². The summed E-state index contributed by atoms with van der Waals surface area (Å²) in [7, 11) is -1.86. The molecule has 0 aliphatic heterocycles. The van der Waals surface area contributed by atoms with Crippen LogP contribution >= 0.6 is 0 Å². The van der Waals surface area contributed by atoms with E-state index in [4.69, 9.17) is 4.74 Å². The molecule has 0 saturated heterocycles. The van der Waals surface area contributed by atoms with Crippen LogP contribution < -0.4 is 14.8 Å². The smallest absolute Gasteiger partial charge is 0.229 e. The van der Waals surface area contributed by atoms with E-state index in [1.165, 1.54) is 12.7 Å². The first-order valence-electron chi connectivity index (χ1n) is 7.40. The molecule has 0 aliphatic rings. The molecule has 0 fully saturated rings. The molecular formula is C17H22N2O3S. The molecule has 2 N–H and O–H groups in total. The second-order valence-corrected chi connectivity index (χ2v) is 7.05. The zero-order chi connectivity index (χ0) is 16.9. The lowest BCUT2D eigenvalue weighted by molar-refractivity contribution is 0.417. The number of anilines is 2. The van der Waals surface area contributed by atoms with Gasteiger partial charge in [0.25, 0.3) is 0 Å². The molecule has 23 heavy (non-hydrogen) atoms. The minimum atomic E-state index is -3.37. The maximum atomic E-state index is 11.5. The fourth-order valence-electron chi connectivity index (χ4n) is 2.38. The Morgan fingerprint density at radius 3 is 2.39 bits per heavy atom. The molecule has 0 aliphatic carbocycles. The molecule has 5 nitrogen and oxygen atoms in total. The number of nitrogens with one attached hydrogen (secondary N) is 2. The van der Waals surface area contributed by atoms with Crippen molar-refractivity contribution in [1.29, 1.82) is 0 Å². The first-order chi connectivity index (χ1) is 10.9. The molecule has 2 aromatic rings. The van der Waals surface area contributed by atoms with Gasteiger partial charge in [-0.15, -0.1) is 0 Å². The van der Waals surface area contributed by atoms with E-state index in [-0.39, 0.29) is 6.04 Å². The van der Waals surface area contributed by atoms with Crippen molar-refractivity contribution in [3.8, 4) is 5.75 Å². The number of sulfonamides is 1. The molecular weight excluding hydrogens is 312 g/mol. The van der Waals surface area contributed by atoms with Gasteiger partial charge in [0.1, 0.15) is 5.75 Å². The van der Waals surface area contributed by atoms with Crippen LogP contribution in [0.15, 0.2) is 48.5 Å². The lowest BCUT2D eigenvalue weighted by Crippen LogP contribution is -2.12. The molecule has 2 rings (SSSR count). The lowest BCUT2D eigenvalue weighted by Gasteiger charge is -2.20. The molecule has 124 valence electrons. The summed E-state index contributed by atoms with van der Waals surface area (Å²) in [6.07, 6.45) is 2.02. The molecule has 0 bridgehead atoms. The molecule has 0 spiro atoms. The van der Waals surface area contributed by atoms with Crippen molar-refractivity contribution in [3.63, 3.8) is 0 Å². The number of benzene rings is 2. The monoisotopic (exact) mass is 334 g/mol. The molecule has 0 aromatic heterocycles. The number of ether oxygens (including phenoxy) is 1. The van der Waals surface area contributed by atoms with Crippen molar-refractivity contribution >= 4 is 21.4 Å². The van der Waals surface area contributed by atoms with Gasteiger partial charge in [0.2, 0.25) is 10.0 Å². The summed E-state index contributed by atoms with van der Waals surface area (Å²) in [5.74, 6) is 0.480. The van der Waals surface area contributed by atoms with Crippen molar-refractivity contribution in [1.82, 2.24) is 0 Å². The normalized spacial score (nSPS) is 12.5. The molecule has 2 aromatic carbocycles. The van der Waals surface area contributed by atoms with Gasteiger partial charge in [0.15, 0.2) is 0 Å². The standard InChI is InChI=1S/C17H22N2O3S/c1-4-15(13-8-6-5-7-9-13)18-14-10-11-17(22-2)16(12-14)19-23(3,20)21/h5-12,15,18-19H,4H2,1-3H3/t15-/m0/s1. The second-order valence-electron chi connectivity index (χ2n) is 5.31. The van der Waals surface area contributed by atoms with E-state index in [1.54, 1.807) is 12.1 Å². The van der Waals surface area contributed by atoms with Gasteiger partial charge in [-0.3, -0.25) is 4.72 Å². The maximum Gasteiger partial charge on any atom is 0.229 e.